The number of benzene rings is 2. The van der Waals surface area contributed by atoms with Gasteiger partial charge in [0.1, 0.15) is 5.75 Å². The molecular formula is C22H28BrN3O4S. The van der Waals surface area contributed by atoms with Crippen molar-refractivity contribution in [2.75, 3.05) is 31.0 Å². The lowest BCUT2D eigenvalue weighted by Crippen LogP contribution is -2.50. The van der Waals surface area contributed by atoms with Gasteiger partial charge < -0.3 is 10.1 Å². The van der Waals surface area contributed by atoms with Crippen LogP contribution in [0, 0.1) is 5.92 Å². The van der Waals surface area contributed by atoms with Crippen molar-refractivity contribution in [3.8, 4) is 5.75 Å². The zero-order chi connectivity index (χ0) is 22.4. The van der Waals surface area contributed by atoms with E-state index in [4.69, 9.17) is 4.74 Å². The first kappa shape index (κ1) is 23.6. The number of hydrogen-bond donors (Lipinski definition) is 1. The number of carbonyl (C=O) groups excluding carboxylic acids is 1. The van der Waals surface area contributed by atoms with Crippen LogP contribution < -0.4 is 14.4 Å². The summed E-state index contributed by atoms with van der Waals surface area (Å²) < 4.78 is 35.6. The Kier molecular flexibility index (Phi) is 7.96. The summed E-state index contributed by atoms with van der Waals surface area (Å²) in [6, 6.07) is 14.6. The first-order chi connectivity index (χ1) is 14.9. The molecule has 1 amide bonds. The minimum absolute atomic E-state index is 0.122. The Morgan fingerprint density at radius 2 is 1.94 bits per heavy atom. The second-order valence-electron chi connectivity index (χ2n) is 7.38. The first-order valence-electron chi connectivity index (χ1n) is 10.3. The SMILES string of the molecule is CCN(c1ccc(OC)cc1)S(=O)(=O)N1CCC[C@@H](C(=O)NCc2ccccc2Br)C1. The Balaban J connectivity index is 1.68. The Hall–Kier alpha value is -2.10. The summed E-state index contributed by atoms with van der Waals surface area (Å²) in [4.78, 5) is 12.8. The van der Waals surface area contributed by atoms with Crippen LogP contribution in [0.3, 0.4) is 0 Å². The highest BCUT2D eigenvalue weighted by Crippen LogP contribution is 2.27. The summed E-state index contributed by atoms with van der Waals surface area (Å²) in [6.07, 6.45) is 1.31. The molecule has 1 fully saturated rings. The van der Waals surface area contributed by atoms with Gasteiger partial charge in [-0.05, 0) is 55.7 Å². The Morgan fingerprint density at radius 3 is 2.58 bits per heavy atom. The van der Waals surface area contributed by atoms with Crippen molar-refractivity contribution in [3.63, 3.8) is 0 Å². The summed E-state index contributed by atoms with van der Waals surface area (Å²) in [5.41, 5.74) is 1.55. The molecule has 2 aromatic carbocycles. The van der Waals surface area contributed by atoms with E-state index in [1.165, 1.54) is 8.61 Å². The Morgan fingerprint density at radius 1 is 1.23 bits per heavy atom. The molecule has 0 unspecified atom stereocenters. The first-order valence-corrected chi connectivity index (χ1v) is 12.5. The van der Waals surface area contributed by atoms with Gasteiger partial charge >= 0.3 is 10.2 Å². The molecule has 1 heterocycles. The number of rotatable bonds is 8. The molecule has 31 heavy (non-hydrogen) atoms. The van der Waals surface area contributed by atoms with Crippen molar-refractivity contribution >= 4 is 37.7 Å². The molecule has 3 rings (SSSR count). The number of carbonyl (C=O) groups is 1. The van der Waals surface area contributed by atoms with Crippen molar-refractivity contribution in [1.29, 1.82) is 0 Å². The van der Waals surface area contributed by atoms with E-state index in [2.05, 4.69) is 21.2 Å². The van der Waals surface area contributed by atoms with Crippen LogP contribution in [0.15, 0.2) is 53.0 Å². The van der Waals surface area contributed by atoms with E-state index >= 15 is 0 Å². The maximum absolute atomic E-state index is 13.3. The number of hydrogen-bond acceptors (Lipinski definition) is 4. The van der Waals surface area contributed by atoms with Crippen LogP contribution in [0.2, 0.25) is 0 Å². The van der Waals surface area contributed by atoms with Gasteiger partial charge in [0, 0.05) is 30.7 Å². The maximum Gasteiger partial charge on any atom is 0.304 e. The lowest BCUT2D eigenvalue weighted by molar-refractivity contribution is -0.126. The number of nitrogens with zero attached hydrogens (tertiary/aromatic N) is 2. The molecule has 168 valence electrons. The molecule has 1 saturated heterocycles. The number of nitrogens with one attached hydrogen (secondary N) is 1. The Labute approximate surface area is 192 Å². The minimum atomic E-state index is -3.75. The molecule has 0 saturated carbocycles. The molecule has 2 aromatic rings. The third-order valence-corrected chi connectivity index (χ3v) is 8.20. The molecule has 1 aliphatic rings. The van der Waals surface area contributed by atoms with Crippen LogP contribution in [0.1, 0.15) is 25.3 Å². The van der Waals surface area contributed by atoms with Gasteiger partial charge in [0.25, 0.3) is 0 Å². The predicted molar refractivity (Wildman–Crippen MR) is 125 cm³/mol. The van der Waals surface area contributed by atoms with Crippen LogP contribution in [0.5, 0.6) is 5.75 Å². The molecule has 9 heteroatoms. The zero-order valence-corrected chi connectivity index (χ0v) is 20.2. The van der Waals surface area contributed by atoms with E-state index in [0.29, 0.717) is 43.9 Å². The third kappa shape index (κ3) is 5.58. The molecule has 0 aromatic heterocycles. The van der Waals surface area contributed by atoms with E-state index in [1.807, 2.05) is 24.3 Å². The van der Waals surface area contributed by atoms with Crippen LogP contribution in [0.25, 0.3) is 0 Å². The number of methoxy groups -OCH3 is 1. The minimum Gasteiger partial charge on any atom is -0.497 e. The van der Waals surface area contributed by atoms with Crippen molar-refractivity contribution in [2.45, 2.75) is 26.3 Å². The normalized spacial score (nSPS) is 17.2. The lowest BCUT2D eigenvalue weighted by Gasteiger charge is -2.35. The van der Waals surface area contributed by atoms with Crippen LogP contribution in [-0.4, -0.2) is 45.4 Å². The van der Waals surface area contributed by atoms with Gasteiger partial charge in [-0.2, -0.15) is 12.7 Å². The Bertz CT molecular complexity index is 998. The largest absolute Gasteiger partial charge is 0.497 e. The molecule has 7 nitrogen and oxygen atoms in total. The van der Waals surface area contributed by atoms with Crippen molar-refractivity contribution < 1.29 is 17.9 Å². The van der Waals surface area contributed by atoms with E-state index in [9.17, 15) is 13.2 Å². The molecule has 1 N–H and O–H groups in total. The van der Waals surface area contributed by atoms with E-state index < -0.39 is 10.2 Å². The van der Waals surface area contributed by atoms with Crippen LogP contribution in [-0.2, 0) is 21.5 Å². The number of piperidine rings is 1. The molecular weight excluding hydrogens is 482 g/mol. The summed E-state index contributed by atoms with van der Waals surface area (Å²) in [7, 11) is -2.18. The zero-order valence-electron chi connectivity index (χ0n) is 17.8. The molecule has 0 aliphatic carbocycles. The fourth-order valence-corrected chi connectivity index (χ4v) is 5.85. The fourth-order valence-electron chi connectivity index (χ4n) is 3.70. The van der Waals surface area contributed by atoms with Gasteiger partial charge in [0.15, 0.2) is 0 Å². The topological polar surface area (TPSA) is 79.0 Å². The highest BCUT2D eigenvalue weighted by Gasteiger charge is 2.35. The molecule has 1 atom stereocenters. The second-order valence-corrected chi connectivity index (χ2v) is 10.1. The van der Waals surface area contributed by atoms with E-state index in [-0.39, 0.29) is 18.4 Å². The van der Waals surface area contributed by atoms with Crippen molar-refractivity contribution in [1.82, 2.24) is 9.62 Å². The molecule has 0 spiro atoms. The van der Waals surface area contributed by atoms with Crippen LogP contribution >= 0.6 is 15.9 Å². The van der Waals surface area contributed by atoms with Crippen molar-refractivity contribution in [3.05, 3.63) is 58.6 Å². The third-order valence-electron chi connectivity index (χ3n) is 5.42. The average molecular weight is 510 g/mol. The van der Waals surface area contributed by atoms with Gasteiger partial charge in [0.05, 0.1) is 18.7 Å². The summed E-state index contributed by atoms with van der Waals surface area (Å²) >= 11 is 3.48. The van der Waals surface area contributed by atoms with Gasteiger partial charge in [-0.1, -0.05) is 34.1 Å². The monoisotopic (exact) mass is 509 g/mol. The summed E-state index contributed by atoms with van der Waals surface area (Å²) in [5.74, 6) is 0.167. The number of ether oxygens (including phenoxy) is 1. The van der Waals surface area contributed by atoms with Crippen LogP contribution in [0.4, 0.5) is 5.69 Å². The van der Waals surface area contributed by atoms with Gasteiger partial charge in [-0.25, -0.2) is 0 Å². The van der Waals surface area contributed by atoms with Crippen molar-refractivity contribution in [2.24, 2.45) is 5.92 Å². The quantitative estimate of drug-likeness (QED) is 0.589. The highest BCUT2D eigenvalue weighted by molar-refractivity contribution is 9.10. The second kappa shape index (κ2) is 10.5. The van der Waals surface area contributed by atoms with Gasteiger partial charge in [0.2, 0.25) is 5.91 Å². The van der Waals surface area contributed by atoms with E-state index in [1.54, 1.807) is 38.3 Å². The van der Waals surface area contributed by atoms with Gasteiger partial charge in [-0.15, -0.1) is 0 Å². The summed E-state index contributed by atoms with van der Waals surface area (Å²) in [6.45, 7) is 3.08. The van der Waals surface area contributed by atoms with E-state index in [0.717, 1.165) is 10.0 Å². The number of anilines is 1. The number of halogens is 1. The predicted octanol–water partition coefficient (Wildman–Crippen LogP) is 3.56. The van der Waals surface area contributed by atoms with Gasteiger partial charge in [-0.3, -0.25) is 9.10 Å². The standard InChI is InChI=1S/C22H28BrN3O4S/c1-3-26(19-10-12-20(30-2)13-11-19)31(28,29)25-14-6-8-18(16-25)22(27)24-15-17-7-4-5-9-21(17)23/h4-5,7,9-13,18H,3,6,8,14-16H2,1-2H3,(H,24,27)/t18-/m1/s1. The molecule has 1 aliphatic heterocycles. The highest BCUT2D eigenvalue weighted by atomic mass is 79.9. The fraction of sp³-hybridized carbons (Fsp3) is 0.409. The smallest absolute Gasteiger partial charge is 0.304 e. The average Bonchev–Trinajstić information content (AvgIpc) is 2.79. The molecule has 0 radical (unpaired) electrons. The lowest BCUT2D eigenvalue weighted by atomic mass is 9.99. The number of amides is 1. The maximum atomic E-state index is 13.3. The molecule has 0 bridgehead atoms. The summed E-state index contributed by atoms with van der Waals surface area (Å²) in [5, 5.41) is 2.95.